The number of benzene rings is 1. The van der Waals surface area contributed by atoms with Gasteiger partial charge in [0.1, 0.15) is 0 Å². The maximum absolute atomic E-state index is 6.13. The van der Waals surface area contributed by atoms with Gasteiger partial charge < -0.3 is 10.1 Å². The third kappa shape index (κ3) is 5.53. The Morgan fingerprint density at radius 2 is 1.94 bits per heavy atom. The van der Waals surface area contributed by atoms with Crippen LogP contribution in [0.3, 0.4) is 0 Å². The summed E-state index contributed by atoms with van der Waals surface area (Å²) in [6.45, 7) is 9.82. The zero-order valence-electron chi connectivity index (χ0n) is 11.1. The molecule has 0 aliphatic rings. The monoisotopic (exact) mass is 255 g/mol. The fourth-order valence-electron chi connectivity index (χ4n) is 1.57. The highest BCUT2D eigenvalue weighted by Crippen LogP contribution is 2.21. The molecule has 0 radical (unpaired) electrons. The topological polar surface area (TPSA) is 21.3 Å². The van der Waals surface area contributed by atoms with Crippen LogP contribution in [0.1, 0.15) is 39.3 Å². The third-order valence-corrected chi connectivity index (χ3v) is 2.80. The van der Waals surface area contributed by atoms with E-state index in [2.05, 4.69) is 33.0 Å². The van der Waals surface area contributed by atoms with E-state index in [0.29, 0.717) is 6.61 Å². The molecule has 1 aromatic rings. The van der Waals surface area contributed by atoms with Gasteiger partial charge in [-0.05, 0) is 39.3 Å². The smallest absolute Gasteiger partial charge is 0.0599 e. The first-order chi connectivity index (χ1) is 7.90. The molecule has 1 rings (SSSR count). The van der Waals surface area contributed by atoms with Crippen LogP contribution in [0.15, 0.2) is 24.3 Å². The molecule has 0 spiro atoms. The normalized spacial score (nSPS) is 13.7. The first kappa shape index (κ1) is 14.5. The number of nitrogens with one attached hydrogen (secondary N) is 1. The number of ether oxygens (including phenoxy) is 1. The summed E-state index contributed by atoms with van der Waals surface area (Å²) in [5.41, 5.74) is 1.06. The summed E-state index contributed by atoms with van der Waals surface area (Å²) < 4.78 is 5.65. The molecule has 0 amide bonds. The summed E-state index contributed by atoms with van der Waals surface area (Å²) in [5.74, 6) is 0. The Bertz CT molecular complexity index is 346. The summed E-state index contributed by atoms with van der Waals surface area (Å²) in [6, 6.07) is 8.16. The first-order valence-corrected chi connectivity index (χ1v) is 6.40. The van der Waals surface area contributed by atoms with Crippen LogP contribution in [0.2, 0.25) is 5.02 Å². The molecule has 96 valence electrons. The van der Waals surface area contributed by atoms with Crippen LogP contribution in [0.4, 0.5) is 0 Å². The van der Waals surface area contributed by atoms with Crippen molar-refractivity contribution in [1.29, 1.82) is 0 Å². The molecule has 0 unspecified atom stereocenters. The predicted octanol–water partition coefficient (Wildman–Crippen LogP) is 3.81. The van der Waals surface area contributed by atoms with Crippen molar-refractivity contribution in [3.8, 4) is 0 Å². The molecule has 0 aromatic heterocycles. The third-order valence-electron chi connectivity index (χ3n) is 2.46. The second-order valence-corrected chi connectivity index (χ2v) is 5.57. The van der Waals surface area contributed by atoms with Crippen molar-refractivity contribution in [3.05, 3.63) is 34.9 Å². The molecular formula is C14H22ClNO. The largest absolute Gasteiger partial charge is 0.375 e. The predicted molar refractivity (Wildman–Crippen MR) is 73.6 cm³/mol. The number of halogens is 1. The van der Waals surface area contributed by atoms with E-state index in [1.807, 2.05) is 24.3 Å². The van der Waals surface area contributed by atoms with Gasteiger partial charge in [0, 0.05) is 17.6 Å². The standard InChI is InChI=1S/C14H22ClNO/c1-11(12-7-5-6-8-13(12)15)16-9-10-17-14(2,3)4/h5-8,11,16H,9-10H2,1-4H3/t11-/m1/s1. The average molecular weight is 256 g/mol. The minimum atomic E-state index is -0.0741. The van der Waals surface area contributed by atoms with Crippen LogP contribution in [-0.2, 0) is 4.74 Å². The molecule has 17 heavy (non-hydrogen) atoms. The first-order valence-electron chi connectivity index (χ1n) is 6.02. The lowest BCUT2D eigenvalue weighted by Gasteiger charge is -2.21. The van der Waals surface area contributed by atoms with Gasteiger partial charge in [0.05, 0.1) is 12.2 Å². The Labute approximate surface area is 109 Å². The number of rotatable bonds is 5. The van der Waals surface area contributed by atoms with Crippen molar-refractivity contribution in [3.63, 3.8) is 0 Å². The van der Waals surface area contributed by atoms with Crippen molar-refractivity contribution in [1.82, 2.24) is 5.32 Å². The maximum atomic E-state index is 6.13. The molecule has 0 saturated heterocycles. The van der Waals surface area contributed by atoms with E-state index >= 15 is 0 Å². The molecule has 1 aromatic carbocycles. The molecule has 0 aliphatic carbocycles. The van der Waals surface area contributed by atoms with E-state index in [4.69, 9.17) is 16.3 Å². The molecule has 0 saturated carbocycles. The summed E-state index contributed by atoms with van der Waals surface area (Å²) in [6.07, 6.45) is 0. The fourth-order valence-corrected chi connectivity index (χ4v) is 1.87. The quantitative estimate of drug-likeness (QED) is 0.808. The van der Waals surface area contributed by atoms with E-state index in [0.717, 1.165) is 17.1 Å². The van der Waals surface area contributed by atoms with Gasteiger partial charge in [0.25, 0.3) is 0 Å². The Kier molecular flexibility index (Phi) is 5.44. The summed E-state index contributed by atoms with van der Waals surface area (Å²) >= 11 is 6.13. The van der Waals surface area contributed by atoms with Crippen LogP contribution in [-0.4, -0.2) is 18.8 Å². The highest BCUT2D eigenvalue weighted by atomic mass is 35.5. The van der Waals surface area contributed by atoms with Gasteiger partial charge in [-0.15, -0.1) is 0 Å². The minimum Gasteiger partial charge on any atom is -0.375 e. The molecule has 1 N–H and O–H groups in total. The Balaban J connectivity index is 2.36. The van der Waals surface area contributed by atoms with Crippen LogP contribution in [0.5, 0.6) is 0 Å². The lowest BCUT2D eigenvalue weighted by molar-refractivity contribution is -0.00149. The van der Waals surface area contributed by atoms with Gasteiger partial charge in [0.15, 0.2) is 0 Å². The van der Waals surface area contributed by atoms with Crippen LogP contribution in [0, 0.1) is 0 Å². The molecule has 1 atom stereocenters. The van der Waals surface area contributed by atoms with E-state index in [-0.39, 0.29) is 11.6 Å². The molecule has 0 aliphatic heterocycles. The van der Waals surface area contributed by atoms with Gasteiger partial charge in [-0.25, -0.2) is 0 Å². The van der Waals surface area contributed by atoms with Crippen molar-refractivity contribution < 1.29 is 4.74 Å². The molecule has 0 fully saturated rings. The highest BCUT2D eigenvalue weighted by Gasteiger charge is 2.11. The lowest BCUT2D eigenvalue weighted by Crippen LogP contribution is -2.28. The van der Waals surface area contributed by atoms with Crippen molar-refractivity contribution >= 4 is 11.6 Å². The molecule has 0 heterocycles. The zero-order chi connectivity index (χ0) is 12.9. The Morgan fingerprint density at radius 1 is 1.29 bits per heavy atom. The van der Waals surface area contributed by atoms with Crippen LogP contribution < -0.4 is 5.32 Å². The van der Waals surface area contributed by atoms with Gasteiger partial charge >= 0.3 is 0 Å². The van der Waals surface area contributed by atoms with Crippen molar-refractivity contribution in [2.45, 2.75) is 39.3 Å². The Hall–Kier alpha value is -0.570. The van der Waals surface area contributed by atoms with Gasteiger partial charge in [-0.1, -0.05) is 29.8 Å². The van der Waals surface area contributed by atoms with Gasteiger partial charge in [0.2, 0.25) is 0 Å². The average Bonchev–Trinajstić information content (AvgIpc) is 2.23. The van der Waals surface area contributed by atoms with E-state index < -0.39 is 0 Å². The SMILES string of the molecule is C[C@@H](NCCOC(C)(C)C)c1ccccc1Cl. The summed E-state index contributed by atoms with van der Waals surface area (Å²) in [5, 5.41) is 4.21. The molecule has 2 nitrogen and oxygen atoms in total. The Morgan fingerprint density at radius 3 is 2.53 bits per heavy atom. The second kappa shape index (κ2) is 6.39. The molecule has 3 heteroatoms. The highest BCUT2D eigenvalue weighted by molar-refractivity contribution is 6.31. The summed E-state index contributed by atoms with van der Waals surface area (Å²) in [4.78, 5) is 0. The van der Waals surface area contributed by atoms with Gasteiger partial charge in [-0.2, -0.15) is 0 Å². The lowest BCUT2D eigenvalue weighted by atomic mass is 10.1. The van der Waals surface area contributed by atoms with Crippen molar-refractivity contribution in [2.24, 2.45) is 0 Å². The fraction of sp³-hybridized carbons (Fsp3) is 0.571. The van der Waals surface area contributed by atoms with E-state index in [1.165, 1.54) is 0 Å². The van der Waals surface area contributed by atoms with E-state index in [9.17, 15) is 0 Å². The second-order valence-electron chi connectivity index (χ2n) is 5.16. The number of hydrogen-bond donors (Lipinski definition) is 1. The van der Waals surface area contributed by atoms with Gasteiger partial charge in [-0.3, -0.25) is 0 Å². The number of hydrogen-bond acceptors (Lipinski definition) is 2. The molecular weight excluding hydrogens is 234 g/mol. The zero-order valence-corrected chi connectivity index (χ0v) is 11.8. The van der Waals surface area contributed by atoms with Crippen molar-refractivity contribution in [2.75, 3.05) is 13.2 Å². The van der Waals surface area contributed by atoms with Crippen LogP contribution in [0.25, 0.3) is 0 Å². The maximum Gasteiger partial charge on any atom is 0.0599 e. The van der Waals surface area contributed by atoms with E-state index in [1.54, 1.807) is 0 Å². The molecule has 0 bridgehead atoms. The van der Waals surface area contributed by atoms with Crippen LogP contribution >= 0.6 is 11.6 Å². The summed E-state index contributed by atoms with van der Waals surface area (Å²) in [7, 11) is 0. The minimum absolute atomic E-state index is 0.0741.